The number of rotatable bonds is 4. The number of imidazole rings is 1. The van der Waals surface area contributed by atoms with Gasteiger partial charge in [0.05, 0.1) is 6.20 Å². The van der Waals surface area contributed by atoms with Gasteiger partial charge in [-0.25, -0.2) is 4.98 Å². The van der Waals surface area contributed by atoms with E-state index in [0.717, 1.165) is 11.5 Å². The van der Waals surface area contributed by atoms with Crippen molar-refractivity contribution in [2.45, 2.75) is 6.92 Å². The Bertz CT molecular complexity index is 504. The lowest BCUT2D eigenvalue weighted by Gasteiger charge is -2.06. The molecule has 1 N–H and O–H groups in total. The van der Waals surface area contributed by atoms with Crippen LogP contribution >= 0.6 is 0 Å². The van der Waals surface area contributed by atoms with Crippen LogP contribution in [0.15, 0.2) is 30.7 Å². The van der Waals surface area contributed by atoms with Crippen LogP contribution in [0, 0.1) is 0 Å². The largest absolute Gasteiger partial charge is 0.471 e. The van der Waals surface area contributed by atoms with E-state index in [0.29, 0.717) is 12.5 Å². The molecule has 0 atom stereocenters. The number of ether oxygens (including phenoxy) is 1. The predicted molar refractivity (Wildman–Crippen MR) is 62.8 cm³/mol. The first-order chi connectivity index (χ1) is 7.85. The molecule has 2 aromatic heterocycles. The van der Waals surface area contributed by atoms with Crippen LogP contribution in [0.4, 0.5) is 5.82 Å². The summed E-state index contributed by atoms with van der Waals surface area (Å²) >= 11 is 0. The van der Waals surface area contributed by atoms with Gasteiger partial charge in [-0.15, -0.1) is 0 Å². The van der Waals surface area contributed by atoms with Gasteiger partial charge in [-0.1, -0.05) is 12.2 Å². The summed E-state index contributed by atoms with van der Waals surface area (Å²) in [6, 6.07) is 0. The highest BCUT2D eigenvalue weighted by Gasteiger charge is 2.07. The van der Waals surface area contributed by atoms with E-state index in [-0.39, 0.29) is 0 Å². The Morgan fingerprint density at radius 1 is 1.56 bits per heavy atom. The fraction of sp³-hybridized carbons (Fsp3) is 0.273. The van der Waals surface area contributed by atoms with Gasteiger partial charge >= 0.3 is 0 Å². The summed E-state index contributed by atoms with van der Waals surface area (Å²) in [5, 5.41) is 2.98. The molecule has 0 aromatic carbocycles. The minimum absolute atomic E-state index is 0.499. The molecule has 16 heavy (non-hydrogen) atoms. The highest BCUT2D eigenvalue weighted by molar-refractivity contribution is 5.53. The molecular weight excluding hydrogens is 204 g/mol. The average Bonchev–Trinajstić information content (AvgIpc) is 2.77. The molecule has 2 aromatic rings. The maximum atomic E-state index is 5.54. The van der Waals surface area contributed by atoms with Gasteiger partial charge in [0.15, 0.2) is 0 Å². The number of aromatic nitrogens is 3. The predicted octanol–water partition coefficient (Wildman–Crippen LogP) is 1.73. The van der Waals surface area contributed by atoms with Crippen molar-refractivity contribution in [2.75, 3.05) is 19.0 Å². The quantitative estimate of drug-likeness (QED) is 0.794. The van der Waals surface area contributed by atoms with Crippen molar-refractivity contribution in [3.05, 3.63) is 30.7 Å². The van der Waals surface area contributed by atoms with Crippen LogP contribution < -0.4 is 10.1 Å². The first-order valence-corrected chi connectivity index (χ1v) is 5.10. The van der Waals surface area contributed by atoms with Crippen molar-refractivity contribution in [3.8, 4) is 5.88 Å². The molecule has 0 saturated heterocycles. The molecule has 0 spiro atoms. The number of anilines is 1. The molecule has 84 valence electrons. The normalized spacial score (nSPS) is 11.1. The highest BCUT2D eigenvalue weighted by Crippen LogP contribution is 2.18. The Morgan fingerprint density at radius 3 is 3.19 bits per heavy atom. The van der Waals surface area contributed by atoms with Crippen LogP contribution in [0.25, 0.3) is 5.65 Å². The topological polar surface area (TPSA) is 51.5 Å². The van der Waals surface area contributed by atoms with Gasteiger partial charge < -0.3 is 10.1 Å². The fourth-order valence-corrected chi connectivity index (χ4v) is 1.34. The summed E-state index contributed by atoms with van der Waals surface area (Å²) in [6.07, 6.45) is 9.31. The molecule has 5 heteroatoms. The van der Waals surface area contributed by atoms with E-state index in [9.17, 15) is 0 Å². The van der Waals surface area contributed by atoms with Crippen LogP contribution in [0.2, 0.25) is 0 Å². The zero-order valence-corrected chi connectivity index (χ0v) is 9.34. The second-order valence-electron chi connectivity index (χ2n) is 3.22. The fourth-order valence-electron chi connectivity index (χ4n) is 1.34. The zero-order valence-electron chi connectivity index (χ0n) is 9.34. The number of hydrogen-bond acceptors (Lipinski definition) is 4. The summed E-state index contributed by atoms with van der Waals surface area (Å²) in [7, 11) is 1.82. The third kappa shape index (κ3) is 1.98. The van der Waals surface area contributed by atoms with Crippen molar-refractivity contribution in [3.63, 3.8) is 0 Å². The SMILES string of the molecule is C/C=C/COc1nc(NC)cn2ccnc12. The number of allylic oxidation sites excluding steroid dienone is 1. The molecule has 5 nitrogen and oxygen atoms in total. The highest BCUT2D eigenvalue weighted by atomic mass is 16.5. The van der Waals surface area contributed by atoms with Gasteiger partial charge in [0.1, 0.15) is 12.4 Å². The molecule has 0 unspecified atom stereocenters. The van der Waals surface area contributed by atoms with Gasteiger partial charge in [-0.05, 0) is 6.92 Å². The van der Waals surface area contributed by atoms with Crippen molar-refractivity contribution < 1.29 is 4.74 Å². The zero-order chi connectivity index (χ0) is 11.4. The number of hydrogen-bond donors (Lipinski definition) is 1. The lowest BCUT2D eigenvalue weighted by Crippen LogP contribution is -2.02. The molecule has 2 rings (SSSR count). The Morgan fingerprint density at radius 2 is 2.44 bits per heavy atom. The van der Waals surface area contributed by atoms with Crippen molar-refractivity contribution in [1.29, 1.82) is 0 Å². The molecule has 0 radical (unpaired) electrons. The van der Waals surface area contributed by atoms with Gasteiger partial charge in [0, 0.05) is 19.4 Å². The Hall–Kier alpha value is -2.04. The van der Waals surface area contributed by atoms with Crippen LogP contribution in [-0.2, 0) is 0 Å². The van der Waals surface area contributed by atoms with E-state index in [4.69, 9.17) is 4.74 Å². The summed E-state index contributed by atoms with van der Waals surface area (Å²) in [5.74, 6) is 1.29. The standard InChI is InChI=1S/C11H14N4O/c1-3-4-7-16-11-10-13-5-6-15(10)8-9(12-2)14-11/h3-6,8,12H,7H2,1-2H3/b4-3+. The van der Waals surface area contributed by atoms with E-state index in [1.807, 2.05) is 42.9 Å². The smallest absolute Gasteiger partial charge is 0.260 e. The molecule has 2 heterocycles. The second kappa shape index (κ2) is 4.65. The molecule has 0 saturated carbocycles. The van der Waals surface area contributed by atoms with Crippen LogP contribution in [0.1, 0.15) is 6.92 Å². The molecule has 0 aliphatic carbocycles. The molecule has 0 bridgehead atoms. The average molecular weight is 218 g/mol. The van der Waals surface area contributed by atoms with E-state index in [1.54, 1.807) is 6.20 Å². The van der Waals surface area contributed by atoms with Crippen LogP contribution in [-0.4, -0.2) is 28.0 Å². The van der Waals surface area contributed by atoms with E-state index in [1.165, 1.54) is 0 Å². The lowest BCUT2D eigenvalue weighted by molar-refractivity contribution is 0.351. The summed E-state index contributed by atoms with van der Waals surface area (Å²) < 4.78 is 7.42. The van der Waals surface area contributed by atoms with Gasteiger partial charge in [0.25, 0.3) is 5.88 Å². The Labute approximate surface area is 93.8 Å². The number of nitrogens with zero attached hydrogens (tertiary/aromatic N) is 3. The minimum atomic E-state index is 0.499. The third-order valence-corrected chi connectivity index (χ3v) is 2.15. The van der Waals surface area contributed by atoms with Gasteiger partial charge in [0.2, 0.25) is 5.65 Å². The third-order valence-electron chi connectivity index (χ3n) is 2.15. The molecule has 0 amide bonds. The van der Waals surface area contributed by atoms with Gasteiger partial charge in [-0.2, -0.15) is 4.98 Å². The Kier molecular flexibility index (Phi) is 3.05. The van der Waals surface area contributed by atoms with E-state index >= 15 is 0 Å². The molecule has 0 aliphatic heterocycles. The van der Waals surface area contributed by atoms with Crippen molar-refractivity contribution >= 4 is 11.5 Å². The number of nitrogens with one attached hydrogen (secondary N) is 1. The van der Waals surface area contributed by atoms with Gasteiger partial charge in [-0.3, -0.25) is 4.40 Å². The molecule has 0 aliphatic rings. The van der Waals surface area contributed by atoms with Crippen molar-refractivity contribution in [1.82, 2.24) is 14.4 Å². The van der Waals surface area contributed by atoms with E-state index < -0.39 is 0 Å². The van der Waals surface area contributed by atoms with Crippen LogP contribution in [0.5, 0.6) is 5.88 Å². The van der Waals surface area contributed by atoms with E-state index in [2.05, 4.69) is 15.3 Å². The van der Waals surface area contributed by atoms with Crippen molar-refractivity contribution in [2.24, 2.45) is 0 Å². The maximum absolute atomic E-state index is 5.54. The molecule has 0 fully saturated rings. The van der Waals surface area contributed by atoms with Crippen LogP contribution in [0.3, 0.4) is 0 Å². The minimum Gasteiger partial charge on any atom is -0.471 e. The first kappa shape index (κ1) is 10.5. The first-order valence-electron chi connectivity index (χ1n) is 5.10. The second-order valence-corrected chi connectivity index (χ2v) is 3.22. The number of fused-ring (bicyclic) bond motifs is 1. The Balaban J connectivity index is 2.36. The lowest BCUT2D eigenvalue weighted by atomic mass is 10.5. The summed E-state index contributed by atoms with van der Waals surface area (Å²) in [5.41, 5.74) is 0.725. The maximum Gasteiger partial charge on any atom is 0.260 e. The summed E-state index contributed by atoms with van der Waals surface area (Å²) in [4.78, 5) is 8.51. The monoisotopic (exact) mass is 218 g/mol. The summed E-state index contributed by atoms with van der Waals surface area (Å²) in [6.45, 7) is 2.45. The molecular formula is C11H14N4O.